The number of hydrogen-bond acceptors (Lipinski definition) is 5. The molecule has 0 aliphatic carbocycles. The molecule has 0 radical (unpaired) electrons. The van der Waals surface area contributed by atoms with Crippen molar-refractivity contribution in [2.75, 3.05) is 37.7 Å². The predicted octanol–water partition coefficient (Wildman–Crippen LogP) is 0.351. The molecule has 4 rings (SSSR count). The maximum atomic E-state index is 13.0. The van der Waals surface area contributed by atoms with E-state index < -0.39 is 6.04 Å². The van der Waals surface area contributed by atoms with Gasteiger partial charge in [-0.05, 0) is 31.2 Å². The third kappa shape index (κ3) is 3.75. The van der Waals surface area contributed by atoms with Crippen LogP contribution in [0.3, 0.4) is 0 Å². The topological polar surface area (TPSA) is 84.5 Å². The van der Waals surface area contributed by atoms with Gasteiger partial charge in [0.15, 0.2) is 11.8 Å². The van der Waals surface area contributed by atoms with Crippen LogP contribution in [0.5, 0.6) is 5.75 Å². The van der Waals surface area contributed by atoms with Crippen molar-refractivity contribution in [2.45, 2.75) is 19.4 Å². The van der Waals surface area contributed by atoms with E-state index in [0.29, 0.717) is 50.0 Å². The Bertz CT molecular complexity index is 903. The zero-order chi connectivity index (χ0) is 20.4. The lowest BCUT2D eigenvalue weighted by molar-refractivity contribution is -0.918. The summed E-state index contributed by atoms with van der Waals surface area (Å²) in [7, 11) is 0. The molecule has 3 amide bonds. The second-order valence-corrected chi connectivity index (χ2v) is 7.18. The Kier molecular flexibility index (Phi) is 5.35. The fourth-order valence-corrected chi connectivity index (χ4v) is 4.00. The van der Waals surface area contributed by atoms with Crippen molar-refractivity contribution >= 4 is 23.4 Å². The van der Waals surface area contributed by atoms with E-state index in [2.05, 4.69) is 0 Å². The van der Waals surface area contributed by atoms with Gasteiger partial charge < -0.3 is 19.0 Å². The minimum Gasteiger partial charge on any atom is -0.494 e. The highest BCUT2D eigenvalue weighted by Gasteiger charge is 2.46. The van der Waals surface area contributed by atoms with E-state index in [-0.39, 0.29) is 24.1 Å². The first kappa shape index (κ1) is 19.2. The van der Waals surface area contributed by atoms with Gasteiger partial charge in [0.25, 0.3) is 11.8 Å². The van der Waals surface area contributed by atoms with Crippen molar-refractivity contribution in [2.24, 2.45) is 0 Å². The number of imide groups is 1. The van der Waals surface area contributed by atoms with E-state index in [1.165, 1.54) is 11.2 Å². The number of hydrogen-bond donors (Lipinski definition) is 1. The van der Waals surface area contributed by atoms with E-state index in [1.807, 2.05) is 6.92 Å². The molecule has 152 valence electrons. The number of furan rings is 1. The molecule has 0 saturated carbocycles. The summed E-state index contributed by atoms with van der Waals surface area (Å²) >= 11 is 0. The molecule has 2 saturated heterocycles. The summed E-state index contributed by atoms with van der Waals surface area (Å²) in [6, 6.07) is 9.96. The highest BCUT2D eigenvalue weighted by Crippen LogP contribution is 2.26. The zero-order valence-corrected chi connectivity index (χ0v) is 16.3. The van der Waals surface area contributed by atoms with Gasteiger partial charge in [-0.1, -0.05) is 6.07 Å². The quantitative estimate of drug-likeness (QED) is 0.735. The predicted molar refractivity (Wildman–Crippen MR) is 104 cm³/mol. The van der Waals surface area contributed by atoms with Crippen molar-refractivity contribution in [1.29, 1.82) is 0 Å². The molecule has 0 spiro atoms. The van der Waals surface area contributed by atoms with Crippen LogP contribution in [0.15, 0.2) is 47.1 Å². The zero-order valence-electron chi connectivity index (χ0n) is 16.3. The number of nitrogens with one attached hydrogen (secondary N) is 1. The molecule has 8 heteroatoms. The number of carbonyl (C=O) groups is 3. The third-order valence-corrected chi connectivity index (χ3v) is 5.45. The molecule has 0 unspecified atom stereocenters. The Morgan fingerprint density at radius 2 is 2.00 bits per heavy atom. The van der Waals surface area contributed by atoms with E-state index in [4.69, 9.17) is 9.15 Å². The number of piperazine rings is 1. The van der Waals surface area contributed by atoms with Gasteiger partial charge in [0.05, 0.1) is 51.2 Å². The normalized spacial score (nSPS) is 20.4. The van der Waals surface area contributed by atoms with Crippen molar-refractivity contribution in [1.82, 2.24) is 4.90 Å². The Balaban J connectivity index is 1.42. The van der Waals surface area contributed by atoms with E-state index >= 15 is 0 Å². The van der Waals surface area contributed by atoms with E-state index in [1.54, 1.807) is 41.3 Å². The molecule has 1 N–H and O–H groups in total. The first-order chi connectivity index (χ1) is 14.1. The largest absolute Gasteiger partial charge is 0.494 e. The molecule has 0 bridgehead atoms. The van der Waals surface area contributed by atoms with Crippen LogP contribution in [-0.4, -0.2) is 61.4 Å². The molecule has 1 aromatic heterocycles. The van der Waals surface area contributed by atoms with Crippen LogP contribution in [0.1, 0.15) is 23.9 Å². The Labute approximate surface area is 168 Å². The Morgan fingerprint density at radius 1 is 1.21 bits per heavy atom. The van der Waals surface area contributed by atoms with Crippen molar-refractivity contribution in [3.63, 3.8) is 0 Å². The first-order valence-electron chi connectivity index (χ1n) is 9.85. The standard InChI is InChI=1S/C21H23N3O5/c1-2-28-16-6-3-5-15(13-16)24-19(25)14-17(20(24)26)22-8-10-23(11-9-22)21(27)18-7-4-12-29-18/h3-7,12-13,17H,2,8-11,14H2,1H3/p+1/t17-/m1/s1. The lowest BCUT2D eigenvalue weighted by Gasteiger charge is -2.34. The monoisotopic (exact) mass is 398 g/mol. The van der Waals surface area contributed by atoms with Crippen LogP contribution in [0.2, 0.25) is 0 Å². The number of rotatable bonds is 5. The first-order valence-corrected chi connectivity index (χ1v) is 9.85. The molecule has 2 aliphatic rings. The molecule has 2 fully saturated rings. The van der Waals surface area contributed by atoms with E-state index in [9.17, 15) is 14.4 Å². The fourth-order valence-electron chi connectivity index (χ4n) is 4.00. The molecule has 1 aromatic carbocycles. The molecule has 2 aliphatic heterocycles. The maximum Gasteiger partial charge on any atom is 0.292 e. The molecule has 1 atom stereocenters. The number of anilines is 1. The van der Waals surface area contributed by atoms with Gasteiger partial charge in [-0.25, -0.2) is 4.90 Å². The number of quaternary nitrogens is 1. The van der Waals surface area contributed by atoms with Crippen molar-refractivity contribution in [3.8, 4) is 5.75 Å². The van der Waals surface area contributed by atoms with Gasteiger partial charge in [-0.15, -0.1) is 0 Å². The smallest absolute Gasteiger partial charge is 0.292 e. The number of nitrogens with zero attached hydrogens (tertiary/aromatic N) is 2. The van der Waals surface area contributed by atoms with E-state index in [0.717, 1.165) is 4.90 Å². The summed E-state index contributed by atoms with van der Waals surface area (Å²) in [5, 5.41) is 0. The highest BCUT2D eigenvalue weighted by molar-refractivity contribution is 6.21. The number of carbonyl (C=O) groups excluding carboxylic acids is 3. The summed E-state index contributed by atoms with van der Waals surface area (Å²) in [4.78, 5) is 42.1. The molecule has 3 heterocycles. The van der Waals surface area contributed by atoms with Gasteiger partial charge >= 0.3 is 0 Å². The van der Waals surface area contributed by atoms with Gasteiger partial charge in [0, 0.05) is 6.07 Å². The van der Waals surface area contributed by atoms with Crippen LogP contribution in [-0.2, 0) is 9.59 Å². The summed E-state index contributed by atoms with van der Waals surface area (Å²) in [5.41, 5.74) is 0.541. The molecule has 8 nitrogen and oxygen atoms in total. The second-order valence-electron chi connectivity index (χ2n) is 7.18. The molecular formula is C21H24N3O5+. The second kappa shape index (κ2) is 8.08. The minimum absolute atomic E-state index is 0.141. The summed E-state index contributed by atoms with van der Waals surface area (Å²) in [5.74, 6) is 0.421. The summed E-state index contributed by atoms with van der Waals surface area (Å²) in [6.45, 7) is 4.67. The molecule has 2 aromatic rings. The average molecular weight is 398 g/mol. The van der Waals surface area contributed by atoms with Gasteiger partial charge in [-0.3, -0.25) is 14.4 Å². The number of amides is 3. The van der Waals surface area contributed by atoms with Crippen LogP contribution in [0.4, 0.5) is 5.69 Å². The Hall–Kier alpha value is -3.13. The fraction of sp³-hybridized carbons (Fsp3) is 0.381. The van der Waals surface area contributed by atoms with Crippen LogP contribution in [0.25, 0.3) is 0 Å². The lowest BCUT2D eigenvalue weighted by Crippen LogP contribution is -3.19. The lowest BCUT2D eigenvalue weighted by atomic mass is 10.1. The number of ether oxygens (including phenoxy) is 1. The average Bonchev–Trinajstić information content (AvgIpc) is 3.36. The van der Waals surface area contributed by atoms with Crippen LogP contribution < -0.4 is 14.5 Å². The van der Waals surface area contributed by atoms with Gasteiger partial charge in [-0.2, -0.15) is 0 Å². The molecular weight excluding hydrogens is 374 g/mol. The summed E-state index contributed by atoms with van der Waals surface area (Å²) in [6.07, 6.45) is 1.66. The summed E-state index contributed by atoms with van der Waals surface area (Å²) < 4.78 is 10.7. The maximum absolute atomic E-state index is 13.0. The van der Waals surface area contributed by atoms with Gasteiger partial charge in [0.1, 0.15) is 5.75 Å². The van der Waals surface area contributed by atoms with Gasteiger partial charge in [0.2, 0.25) is 5.91 Å². The van der Waals surface area contributed by atoms with Crippen molar-refractivity contribution in [3.05, 3.63) is 48.4 Å². The number of benzene rings is 1. The Morgan fingerprint density at radius 3 is 2.69 bits per heavy atom. The van der Waals surface area contributed by atoms with Crippen LogP contribution >= 0.6 is 0 Å². The SMILES string of the molecule is CCOc1cccc(N2C(=O)C[C@@H]([NH+]3CCN(C(=O)c4ccco4)CC3)C2=O)c1. The van der Waals surface area contributed by atoms with Crippen molar-refractivity contribution < 1.29 is 28.4 Å². The minimum atomic E-state index is -0.417. The third-order valence-electron chi connectivity index (χ3n) is 5.45. The molecule has 29 heavy (non-hydrogen) atoms. The van der Waals surface area contributed by atoms with Crippen LogP contribution in [0, 0.1) is 0 Å². The highest BCUT2D eigenvalue weighted by atomic mass is 16.5.